The van der Waals surface area contributed by atoms with Crippen molar-refractivity contribution in [3.63, 3.8) is 0 Å². The van der Waals surface area contributed by atoms with Crippen LogP contribution in [0.5, 0.6) is 0 Å². The van der Waals surface area contributed by atoms with Crippen molar-refractivity contribution in [2.24, 2.45) is 11.5 Å². The number of nitrogens with one attached hydrogen (secondary N) is 2. The summed E-state index contributed by atoms with van der Waals surface area (Å²) >= 11 is 0. The molecule has 0 aliphatic heterocycles. The summed E-state index contributed by atoms with van der Waals surface area (Å²) in [7, 11) is 0. The highest BCUT2D eigenvalue weighted by Crippen LogP contribution is 2.23. The van der Waals surface area contributed by atoms with Gasteiger partial charge >= 0.3 is 5.96 Å². The molecule has 1 amide bonds. The molecule has 0 saturated carbocycles. The molecule has 130 valence electrons. The summed E-state index contributed by atoms with van der Waals surface area (Å²) in [4.78, 5) is 25.1. The SMILES string of the molecule is CCC(CC)O[C@@H]1CC(OC=O)=C[C@H]([NH+]=C(N)N)[C@H]1NC(C)=O. The van der Waals surface area contributed by atoms with Crippen molar-refractivity contribution in [2.75, 3.05) is 0 Å². The molecule has 0 unspecified atom stereocenters. The number of guanidine groups is 1. The fraction of sp³-hybridized carbons (Fsp3) is 0.667. The zero-order valence-corrected chi connectivity index (χ0v) is 13.9. The maximum atomic E-state index is 11.5. The molecule has 0 radical (unpaired) electrons. The van der Waals surface area contributed by atoms with E-state index >= 15 is 0 Å². The molecule has 0 aromatic heterocycles. The third kappa shape index (κ3) is 5.90. The molecule has 0 fully saturated rings. The first kappa shape index (κ1) is 19.0. The number of hydrogen-bond donors (Lipinski definition) is 4. The van der Waals surface area contributed by atoms with Crippen LogP contribution in [-0.4, -0.2) is 42.6 Å². The summed E-state index contributed by atoms with van der Waals surface area (Å²) < 4.78 is 11.1. The van der Waals surface area contributed by atoms with Crippen LogP contribution in [0.4, 0.5) is 0 Å². The van der Waals surface area contributed by atoms with Gasteiger partial charge < -0.3 is 14.8 Å². The van der Waals surface area contributed by atoms with Gasteiger partial charge in [0.15, 0.2) is 0 Å². The van der Waals surface area contributed by atoms with Crippen molar-refractivity contribution in [3.05, 3.63) is 11.8 Å². The van der Waals surface area contributed by atoms with Crippen LogP contribution in [0.15, 0.2) is 11.8 Å². The molecular weight excluding hydrogens is 300 g/mol. The summed E-state index contributed by atoms with van der Waals surface area (Å²) in [5, 5.41) is 2.86. The van der Waals surface area contributed by atoms with Gasteiger partial charge in [-0.1, -0.05) is 13.8 Å². The van der Waals surface area contributed by atoms with E-state index < -0.39 is 6.04 Å². The maximum Gasteiger partial charge on any atom is 0.339 e. The molecule has 1 aliphatic rings. The molecule has 0 heterocycles. The van der Waals surface area contributed by atoms with Crippen molar-refractivity contribution in [2.45, 2.75) is 64.3 Å². The van der Waals surface area contributed by atoms with Gasteiger partial charge in [-0.05, 0) is 18.9 Å². The number of rotatable bonds is 8. The topological polar surface area (TPSA) is 131 Å². The lowest BCUT2D eigenvalue weighted by atomic mass is 9.92. The lowest BCUT2D eigenvalue weighted by Crippen LogP contribution is -2.88. The Kier molecular flexibility index (Phi) is 7.53. The molecule has 1 aliphatic carbocycles. The number of hydrogen-bond acceptors (Lipinski definition) is 4. The standard InChI is InChI=1S/C15H26N4O4/c1-4-10(5-2)23-13-7-11(22-8-20)6-12(19-15(16)17)14(13)18-9(3)21/h6,8,10,12-14H,4-5,7H2,1-3H3,(H,18,21)(H4,16,17,19)/p+1/t12-,13+,14+/m0/s1. The van der Waals surface area contributed by atoms with E-state index in [0.29, 0.717) is 18.7 Å². The fourth-order valence-electron chi connectivity index (χ4n) is 2.68. The third-order valence-corrected chi connectivity index (χ3v) is 3.74. The smallest absolute Gasteiger partial charge is 0.339 e. The average Bonchev–Trinajstić information content (AvgIpc) is 2.47. The van der Waals surface area contributed by atoms with E-state index in [1.165, 1.54) is 6.92 Å². The Labute approximate surface area is 136 Å². The highest BCUT2D eigenvalue weighted by Gasteiger charge is 2.37. The Bertz CT molecular complexity index is 470. The minimum atomic E-state index is -0.438. The number of carbonyl (C=O) groups is 2. The quantitative estimate of drug-likeness (QED) is 0.237. The molecular formula is C15H27N4O4+. The van der Waals surface area contributed by atoms with Gasteiger partial charge in [0, 0.05) is 13.3 Å². The molecule has 0 spiro atoms. The molecule has 0 aromatic carbocycles. The number of amides is 1. The van der Waals surface area contributed by atoms with Crippen molar-refractivity contribution < 1.29 is 24.1 Å². The van der Waals surface area contributed by atoms with E-state index in [-0.39, 0.29) is 30.1 Å². The Morgan fingerprint density at radius 3 is 2.61 bits per heavy atom. The average molecular weight is 327 g/mol. The van der Waals surface area contributed by atoms with E-state index in [0.717, 1.165) is 12.8 Å². The van der Waals surface area contributed by atoms with Gasteiger partial charge in [-0.25, -0.2) is 0 Å². The van der Waals surface area contributed by atoms with Crippen molar-refractivity contribution in [1.29, 1.82) is 0 Å². The maximum absolute atomic E-state index is 11.5. The van der Waals surface area contributed by atoms with E-state index in [4.69, 9.17) is 20.9 Å². The number of nitrogens with two attached hydrogens (primary N) is 2. The Balaban J connectivity index is 3.11. The summed E-state index contributed by atoms with van der Waals surface area (Å²) in [5.41, 5.74) is 11.0. The van der Waals surface area contributed by atoms with E-state index in [2.05, 4.69) is 10.3 Å². The van der Waals surface area contributed by atoms with Crippen molar-refractivity contribution in [3.8, 4) is 0 Å². The van der Waals surface area contributed by atoms with Gasteiger partial charge in [-0.15, -0.1) is 0 Å². The third-order valence-electron chi connectivity index (χ3n) is 3.74. The Hall–Kier alpha value is -2.09. The molecule has 6 N–H and O–H groups in total. The highest BCUT2D eigenvalue weighted by molar-refractivity contribution is 5.73. The van der Waals surface area contributed by atoms with E-state index in [1.54, 1.807) is 6.08 Å². The van der Waals surface area contributed by atoms with Crippen LogP contribution in [0.1, 0.15) is 40.0 Å². The molecule has 1 rings (SSSR count). The monoisotopic (exact) mass is 327 g/mol. The second-order valence-corrected chi connectivity index (χ2v) is 5.52. The molecule has 0 aromatic rings. The molecule has 0 bridgehead atoms. The van der Waals surface area contributed by atoms with Gasteiger partial charge in [0.1, 0.15) is 11.8 Å². The largest absolute Gasteiger partial charge is 0.433 e. The van der Waals surface area contributed by atoms with Gasteiger partial charge in [-0.2, -0.15) is 0 Å². The second kappa shape index (κ2) is 9.14. The lowest BCUT2D eigenvalue weighted by molar-refractivity contribution is -0.499. The van der Waals surface area contributed by atoms with Crippen LogP contribution in [0.2, 0.25) is 0 Å². The Morgan fingerprint density at radius 2 is 2.13 bits per heavy atom. The van der Waals surface area contributed by atoms with Crippen LogP contribution in [0.3, 0.4) is 0 Å². The Morgan fingerprint density at radius 1 is 1.48 bits per heavy atom. The summed E-state index contributed by atoms with van der Waals surface area (Å²) in [6.07, 6.45) is 3.43. The van der Waals surface area contributed by atoms with Gasteiger partial charge in [0.05, 0.1) is 18.2 Å². The van der Waals surface area contributed by atoms with Crippen LogP contribution in [0.25, 0.3) is 0 Å². The predicted molar refractivity (Wildman–Crippen MR) is 84.8 cm³/mol. The minimum absolute atomic E-state index is 0.00948. The number of carbonyl (C=O) groups excluding carboxylic acids is 2. The van der Waals surface area contributed by atoms with Crippen LogP contribution >= 0.6 is 0 Å². The fourth-order valence-corrected chi connectivity index (χ4v) is 2.68. The highest BCUT2D eigenvalue weighted by atomic mass is 16.5. The zero-order chi connectivity index (χ0) is 17.4. The van der Waals surface area contributed by atoms with Gasteiger partial charge in [0.25, 0.3) is 6.47 Å². The first-order chi connectivity index (χ1) is 10.9. The lowest BCUT2D eigenvalue weighted by Gasteiger charge is -2.36. The summed E-state index contributed by atoms with van der Waals surface area (Å²) in [6.45, 7) is 5.86. The van der Waals surface area contributed by atoms with Crippen LogP contribution in [-0.2, 0) is 19.1 Å². The normalized spacial score (nSPS) is 23.8. The van der Waals surface area contributed by atoms with Gasteiger partial charge in [0.2, 0.25) is 5.91 Å². The first-order valence-electron chi connectivity index (χ1n) is 7.79. The second-order valence-electron chi connectivity index (χ2n) is 5.52. The minimum Gasteiger partial charge on any atom is -0.433 e. The summed E-state index contributed by atoms with van der Waals surface area (Å²) in [6, 6.07) is -0.818. The molecule has 0 saturated heterocycles. The van der Waals surface area contributed by atoms with Gasteiger partial charge in [-0.3, -0.25) is 26.0 Å². The predicted octanol–water partition coefficient (Wildman–Crippen LogP) is -1.75. The summed E-state index contributed by atoms with van der Waals surface area (Å²) in [5.74, 6) is 0.273. The number of ether oxygens (including phenoxy) is 2. The van der Waals surface area contributed by atoms with Crippen LogP contribution in [0, 0.1) is 0 Å². The van der Waals surface area contributed by atoms with E-state index in [1.807, 2.05) is 13.8 Å². The van der Waals surface area contributed by atoms with Crippen molar-refractivity contribution in [1.82, 2.24) is 5.32 Å². The van der Waals surface area contributed by atoms with E-state index in [9.17, 15) is 9.59 Å². The first-order valence-corrected chi connectivity index (χ1v) is 7.79. The molecule has 23 heavy (non-hydrogen) atoms. The zero-order valence-electron chi connectivity index (χ0n) is 13.9. The molecule has 3 atom stereocenters. The molecule has 8 heteroatoms. The van der Waals surface area contributed by atoms with Crippen molar-refractivity contribution >= 4 is 18.3 Å². The molecule has 8 nitrogen and oxygen atoms in total. The van der Waals surface area contributed by atoms with Crippen LogP contribution < -0.4 is 21.8 Å².